The summed E-state index contributed by atoms with van der Waals surface area (Å²) in [6.45, 7) is 14.6. The molecule has 0 spiro atoms. The van der Waals surface area contributed by atoms with Gasteiger partial charge in [-0.05, 0) is 33.6 Å². The van der Waals surface area contributed by atoms with Crippen LogP contribution < -0.4 is 5.32 Å². The van der Waals surface area contributed by atoms with Gasteiger partial charge in [0, 0.05) is 43.2 Å². The summed E-state index contributed by atoms with van der Waals surface area (Å²) < 4.78 is 0. The lowest BCUT2D eigenvalue weighted by Crippen LogP contribution is -2.51. The van der Waals surface area contributed by atoms with Crippen molar-refractivity contribution < 1.29 is 5.11 Å². The smallest absolute Gasteiger partial charge is 0.0494 e. The molecule has 3 heteroatoms. The molecule has 1 fully saturated rings. The number of nitrogens with one attached hydrogen (secondary N) is 1. The maximum absolute atomic E-state index is 9.22. The van der Waals surface area contributed by atoms with Gasteiger partial charge in [0.1, 0.15) is 0 Å². The fourth-order valence-corrected chi connectivity index (χ4v) is 2.23. The van der Waals surface area contributed by atoms with Gasteiger partial charge in [0.15, 0.2) is 0 Å². The van der Waals surface area contributed by atoms with Gasteiger partial charge in [-0.1, -0.05) is 13.8 Å². The summed E-state index contributed by atoms with van der Waals surface area (Å²) in [5, 5.41) is 12.8. The fourth-order valence-electron chi connectivity index (χ4n) is 2.23. The molecule has 0 aromatic carbocycles. The largest absolute Gasteiger partial charge is 0.396 e. The Morgan fingerprint density at radius 3 is 2.06 bits per heavy atom. The van der Waals surface area contributed by atoms with E-state index in [0.717, 1.165) is 6.54 Å². The molecule has 0 radical (unpaired) electrons. The molecular weight excluding hydrogens is 212 g/mol. The van der Waals surface area contributed by atoms with Crippen LogP contribution in [-0.4, -0.2) is 47.8 Å². The minimum absolute atomic E-state index is 0.00115. The van der Waals surface area contributed by atoms with Crippen molar-refractivity contribution in [3.8, 4) is 0 Å². The Kier molecular flexibility index (Phi) is 4.99. The molecule has 0 atom stereocenters. The van der Waals surface area contributed by atoms with E-state index in [4.69, 9.17) is 0 Å². The Hall–Kier alpha value is -0.120. The van der Waals surface area contributed by atoms with E-state index < -0.39 is 0 Å². The van der Waals surface area contributed by atoms with Gasteiger partial charge in [-0.25, -0.2) is 0 Å². The van der Waals surface area contributed by atoms with E-state index in [2.05, 4.69) is 44.8 Å². The standard InChI is InChI=1S/C14H30N2O/c1-13(2,3)16-8-6-12(7-9-16)15-10-14(4,5)11-17/h12,15,17H,6-11H2,1-5H3. The molecule has 1 aliphatic rings. The number of rotatable bonds is 4. The predicted molar refractivity (Wildman–Crippen MR) is 73.2 cm³/mol. The lowest BCUT2D eigenvalue weighted by atomic mass is 9.93. The van der Waals surface area contributed by atoms with E-state index in [1.807, 2.05) is 0 Å². The molecule has 0 unspecified atom stereocenters. The molecule has 0 saturated carbocycles. The average Bonchev–Trinajstić information content (AvgIpc) is 2.26. The van der Waals surface area contributed by atoms with Crippen LogP contribution in [0.25, 0.3) is 0 Å². The van der Waals surface area contributed by atoms with Crippen molar-refractivity contribution >= 4 is 0 Å². The highest BCUT2D eigenvalue weighted by Crippen LogP contribution is 2.21. The molecule has 1 saturated heterocycles. The number of aliphatic hydroxyl groups excluding tert-OH is 1. The number of hydrogen-bond donors (Lipinski definition) is 2. The van der Waals surface area contributed by atoms with Crippen molar-refractivity contribution in [2.45, 2.75) is 59.0 Å². The molecule has 1 aliphatic heterocycles. The van der Waals surface area contributed by atoms with Crippen LogP contribution >= 0.6 is 0 Å². The number of nitrogens with zero attached hydrogens (tertiary/aromatic N) is 1. The minimum Gasteiger partial charge on any atom is -0.396 e. The Bertz CT molecular complexity index is 225. The van der Waals surface area contributed by atoms with Gasteiger partial charge >= 0.3 is 0 Å². The Morgan fingerprint density at radius 1 is 1.12 bits per heavy atom. The maximum atomic E-state index is 9.22. The zero-order valence-corrected chi connectivity index (χ0v) is 12.2. The first-order chi connectivity index (χ1) is 7.74. The van der Waals surface area contributed by atoms with Crippen molar-refractivity contribution in [2.24, 2.45) is 5.41 Å². The van der Waals surface area contributed by atoms with Crippen LogP contribution in [0, 0.1) is 5.41 Å². The predicted octanol–water partition coefficient (Wildman–Crippen LogP) is 1.86. The van der Waals surface area contributed by atoms with Crippen molar-refractivity contribution in [1.29, 1.82) is 0 Å². The summed E-state index contributed by atoms with van der Waals surface area (Å²) in [6, 6.07) is 0.624. The third-order valence-corrected chi connectivity index (χ3v) is 3.74. The molecule has 0 bridgehead atoms. The lowest BCUT2D eigenvalue weighted by molar-refractivity contribution is 0.0895. The fraction of sp³-hybridized carbons (Fsp3) is 1.00. The van der Waals surface area contributed by atoms with E-state index in [1.165, 1.54) is 25.9 Å². The highest BCUT2D eigenvalue weighted by molar-refractivity contribution is 4.85. The molecule has 2 N–H and O–H groups in total. The van der Waals surface area contributed by atoms with E-state index >= 15 is 0 Å². The molecule has 102 valence electrons. The van der Waals surface area contributed by atoms with Crippen LogP contribution in [0.1, 0.15) is 47.5 Å². The quantitative estimate of drug-likeness (QED) is 0.790. The molecule has 0 amide bonds. The normalized spacial score (nSPS) is 20.8. The molecule has 0 aromatic heterocycles. The topological polar surface area (TPSA) is 35.5 Å². The highest BCUT2D eigenvalue weighted by Gasteiger charge is 2.27. The second kappa shape index (κ2) is 5.68. The molecule has 17 heavy (non-hydrogen) atoms. The van der Waals surface area contributed by atoms with E-state index in [-0.39, 0.29) is 12.0 Å². The first-order valence-electron chi connectivity index (χ1n) is 6.84. The lowest BCUT2D eigenvalue weighted by Gasteiger charge is -2.41. The van der Waals surface area contributed by atoms with Gasteiger partial charge in [0.05, 0.1) is 0 Å². The van der Waals surface area contributed by atoms with E-state index in [0.29, 0.717) is 11.6 Å². The van der Waals surface area contributed by atoms with Crippen molar-refractivity contribution in [2.75, 3.05) is 26.2 Å². The van der Waals surface area contributed by atoms with Crippen molar-refractivity contribution in [1.82, 2.24) is 10.2 Å². The third kappa shape index (κ3) is 4.94. The van der Waals surface area contributed by atoms with Gasteiger partial charge in [-0.15, -0.1) is 0 Å². The summed E-state index contributed by atoms with van der Waals surface area (Å²) in [5.74, 6) is 0. The molecule has 1 heterocycles. The van der Waals surface area contributed by atoms with Crippen molar-refractivity contribution in [3.05, 3.63) is 0 Å². The average molecular weight is 242 g/mol. The summed E-state index contributed by atoms with van der Waals surface area (Å²) >= 11 is 0. The van der Waals surface area contributed by atoms with Crippen LogP contribution in [0.4, 0.5) is 0 Å². The van der Waals surface area contributed by atoms with Crippen LogP contribution in [0.5, 0.6) is 0 Å². The monoisotopic (exact) mass is 242 g/mol. The van der Waals surface area contributed by atoms with Crippen LogP contribution in [0.2, 0.25) is 0 Å². The van der Waals surface area contributed by atoms with Crippen LogP contribution in [0.3, 0.4) is 0 Å². The summed E-state index contributed by atoms with van der Waals surface area (Å²) in [4.78, 5) is 2.56. The number of likely N-dealkylation sites (tertiary alicyclic amines) is 1. The molecule has 0 aromatic rings. The Labute approximate surface area is 107 Å². The third-order valence-electron chi connectivity index (χ3n) is 3.74. The highest BCUT2D eigenvalue weighted by atomic mass is 16.3. The van der Waals surface area contributed by atoms with Gasteiger partial charge in [-0.3, -0.25) is 4.90 Å². The van der Waals surface area contributed by atoms with Gasteiger partial charge in [-0.2, -0.15) is 0 Å². The van der Waals surface area contributed by atoms with Crippen molar-refractivity contribution in [3.63, 3.8) is 0 Å². The second-order valence-electron chi connectivity index (χ2n) is 7.14. The van der Waals surface area contributed by atoms with Crippen LogP contribution in [-0.2, 0) is 0 Å². The molecule has 0 aliphatic carbocycles. The zero-order chi connectivity index (χ0) is 13.1. The zero-order valence-electron chi connectivity index (χ0n) is 12.2. The Balaban J connectivity index is 2.29. The molecule has 3 nitrogen and oxygen atoms in total. The summed E-state index contributed by atoms with van der Waals surface area (Å²) in [7, 11) is 0. The summed E-state index contributed by atoms with van der Waals surface area (Å²) in [6.07, 6.45) is 2.44. The SMILES string of the molecule is CC(C)(CO)CNC1CCN(C(C)(C)C)CC1. The number of hydrogen-bond acceptors (Lipinski definition) is 3. The maximum Gasteiger partial charge on any atom is 0.0494 e. The Morgan fingerprint density at radius 2 is 1.65 bits per heavy atom. The summed E-state index contributed by atoms with van der Waals surface area (Å²) in [5.41, 5.74) is 0.302. The first kappa shape index (κ1) is 14.9. The molecule has 1 rings (SSSR count). The first-order valence-corrected chi connectivity index (χ1v) is 6.84. The van der Waals surface area contributed by atoms with E-state index in [9.17, 15) is 5.11 Å². The van der Waals surface area contributed by atoms with Gasteiger partial charge < -0.3 is 10.4 Å². The van der Waals surface area contributed by atoms with Gasteiger partial charge in [0.25, 0.3) is 0 Å². The van der Waals surface area contributed by atoms with Crippen LogP contribution in [0.15, 0.2) is 0 Å². The van der Waals surface area contributed by atoms with Gasteiger partial charge in [0.2, 0.25) is 0 Å². The van der Waals surface area contributed by atoms with E-state index in [1.54, 1.807) is 0 Å². The molecular formula is C14H30N2O. The second-order valence-corrected chi connectivity index (χ2v) is 7.14. The number of piperidine rings is 1. The minimum atomic E-state index is 0.00115. The number of aliphatic hydroxyl groups is 1.